The Labute approximate surface area is 131 Å². The molecule has 2 N–H and O–H groups in total. The highest BCUT2D eigenvalue weighted by Crippen LogP contribution is 2.36. The molecule has 1 aliphatic heterocycles. The maximum Gasteiger partial charge on any atom is 0.0829 e. The summed E-state index contributed by atoms with van der Waals surface area (Å²) in [6.07, 6.45) is 5.49. The lowest BCUT2D eigenvalue weighted by Gasteiger charge is -2.48. The van der Waals surface area contributed by atoms with Crippen molar-refractivity contribution in [3.05, 3.63) is 0 Å². The zero-order valence-electron chi connectivity index (χ0n) is 14.3. The van der Waals surface area contributed by atoms with Crippen LogP contribution in [0.15, 0.2) is 0 Å². The molecular formula is C17H35N3O. The molecule has 124 valence electrons. The summed E-state index contributed by atoms with van der Waals surface area (Å²) in [5, 5.41) is 0. The van der Waals surface area contributed by atoms with Gasteiger partial charge in [0.15, 0.2) is 0 Å². The predicted molar refractivity (Wildman–Crippen MR) is 88.5 cm³/mol. The van der Waals surface area contributed by atoms with Crippen molar-refractivity contribution in [1.29, 1.82) is 0 Å². The number of likely N-dealkylation sites (N-methyl/N-ethyl adjacent to an activating group) is 2. The highest BCUT2D eigenvalue weighted by Gasteiger charge is 2.39. The van der Waals surface area contributed by atoms with Crippen LogP contribution in [-0.2, 0) is 4.74 Å². The first kappa shape index (κ1) is 17.2. The Bertz CT molecular complexity index is 302. The molecular weight excluding hydrogens is 262 g/mol. The van der Waals surface area contributed by atoms with E-state index in [1.165, 1.54) is 25.7 Å². The lowest BCUT2D eigenvalue weighted by atomic mass is 9.76. The topological polar surface area (TPSA) is 41.7 Å². The maximum absolute atomic E-state index is 6.23. The van der Waals surface area contributed by atoms with Crippen LogP contribution in [0.5, 0.6) is 0 Å². The first-order valence-electron chi connectivity index (χ1n) is 8.92. The van der Waals surface area contributed by atoms with E-state index in [0.717, 1.165) is 51.8 Å². The Morgan fingerprint density at radius 2 is 2.00 bits per heavy atom. The number of morpholine rings is 1. The number of nitrogens with zero attached hydrogens (tertiary/aromatic N) is 2. The second-order valence-electron chi connectivity index (χ2n) is 7.04. The van der Waals surface area contributed by atoms with E-state index in [1.807, 2.05) is 0 Å². The lowest BCUT2D eigenvalue weighted by Crippen LogP contribution is -2.59. The van der Waals surface area contributed by atoms with Crippen molar-refractivity contribution in [1.82, 2.24) is 9.80 Å². The van der Waals surface area contributed by atoms with Crippen LogP contribution >= 0.6 is 0 Å². The summed E-state index contributed by atoms with van der Waals surface area (Å²) < 4.78 is 6.02. The van der Waals surface area contributed by atoms with Gasteiger partial charge in [-0.15, -0.1) is 0 Å². The number of hydrogen-bond donors (Lipinski definition) is 1. The van der Waals surface area contributed by atoms with Gasteiger partial charge in [0, 0.05) is 31.7 Å². The van der Waals surface area contributed by atoms with Gasteiger partial charge in [-0.2, -0.15) is 0 Å². The van der Waals surface area contributed by atoms with E-state index in [1.54, 1.807) is 0 Å². The molecule has 0 bridgehead atoms. The molecule has 21 heavy (non-hydrogen) atoms. The molecule has 2 rings (SSSR count). The van der Waals surface area contributed by atoms with Crippen molar-refractivity contribution in [3.63, 3.8) is 0 Å². The average molecular weight is 297 g/mol. The fourth-order valence-corrected chi connectivity index (χ4v) is 4.03. The Kier molecular flexibility index (Phi) is 6.48. The third-order valence-electron chi connectivity index (χ3n) is 5.73. The molecule has 1 unspecified atom stereocenters. The van der Waals surface area contributed by atoms with Crippen molar-refractivity contribution in [3.8, 4) is 0 Å². The van der Waals surface area contributed by atoms with Gasteiger partial charge in [0.2, 0.25) is 0 Å². The maximum atomic E-state index is 6.23. The molecule has 1 aliphatic carbocycles. The van der Waals surface area contributed by atoms with Crippen molar-refractivity contribution < 1.29 is 4.74 Å². The van der Waals surface area contributed by atoms with Gasteiger partial charge < -0.3 is 10.5 Å². The largest absolute Gasteiger partial charge is 0.374 e. The molecule has 0 amide bonds. The average Bonchev–Trinajstić information content (AvgIpc) is 2.54. The summed E-state index contributed by atoms with van der Waals surface area (Å²) in [5.74, 6) is 0.866. The molecule has 4 heteroatoms. The van der Waals surface area contributed by atoms with Crippen LogP contribution in [0.1, 0.15) is 46.5 Å². The quantitative estimate of drug-likeness (QED) is 0.813. The van der Waals surface area contributed by atoms with Crippen molar-refractivity contribution >= 4 is 0 Å². The molecule has 0 radical (unpaired) electrons. The van der Waals surface area contributed by atoms with Gasteiger partial charge in [0.25, 0.3) is 0 Å². The second-order valence-corrected chi connectivity index (χ2v) is 7.04. The summed E-state index contributed by atoms with van der Waals surface area (Å²) in [4.78, 5) is 5.13. The molecule has 0 spiro atoms. The Morgan fingerprint density at radius 1 is 1.29 bits per heavy atom. The zero-order chi connectivity index (χ0) is 15.3. The van der Waals surface area contributed by atoms with E-state index in [9.17, 15) is 0 Å². The summed E-state index contributed by atoms with van der Waals surface area (Å²) in [7, 11) is 0. The molecule has 1 saturated carbocycles. The van der Waals surface area contributed by atoms with E-state index in [0.29, 0.717) is 6.10 Å². The fraction of sp³-hybridized carbons (Fsp3) is 1.00. The first-order valence-corrected chi connectivity index (χ1v) is 8.92. The molecule has 1 heterocycles. The van der Waals surface area contributed by atoms with E-state index < -0.39 is 0 Å². The molecule has 1 atom stereocenters. The normalized spacial score (nSPS) is 35.3. The van der Waals surface area contributed by atoms with Gasteiger partial charge in [-0.25, -0.2) is 0 Å². The number of rotatable bonds is 6. The standard InChI is InChI=1S/C17H35N3O/c1-4-19-10-11-21-16(12-19)13-20(5-2)17(14-18)8-6-15(3)7-9-17/h15-16H,4-14,18H2,1-3H3. The SMILES string of the molecule is CCN1CCOC(CN(CC)C2(CN)CCC(C)CC2)C1. The Balaban J connectivity index is 1.97. The lowest BCUT2D eigenvalue weighted by molar-refractivity contribution is -0.0641. The van der Waals surface area contributed by atoms with Gasteiger partial charge in [-0.05, 0) is 44.7 Å². The molecule has 1 saturated heterocycles. The second kappa shape index (κ2) is 7.91. The highest BCUT2D eigenvalue weighted by molar-refractivity contribution is 4.96. The zero-order valence-corrected chi connectivity index (χ0v) is 14.3. The third kappa shape index (κ3) is 4.19. The summed E-state index contributed by atoms with van der Waals surface area (Å²) in [6, 6.07) is 0. The minimum Gasteiger partial charge on any atom is -0.374 e. The highest BCUT2D eigenvalue weighted by atomic mass is 16.5. The summed E-state index contributed by atoms with van der Waals surface area (Å²) in [6.45, 7) is 14.0. The van der Waals surface area contributed by atoms with Crippen LogP contribution in [0.25, 0.3) is 0 Å². The van der Waals surface area contributed by atoms with E-state index in [2.05, 4.69) is 30.6 Å². The van der Waals surface area contributed by atoms with Gasteiger partial charge in [-0.3, -0.25) is 9.80 Å². The van der Waals surface area contributed by atoms with Gasteiger partial charge in [-0.1, -0.05) is 20.8 Å². The van der Waals surface area contributed by atoms with Crippen molar-refractivity contribution in [2.45, 2.75) is 58.1 Å². The molecule has 0 aromatic heterocycles. The predicted octanol–water partition coefficient (Wildman–Crippen LogP) is 1.94. The van der Waals surface area contributed by atoms with E-state index in [4.69, 9.17) is 10.5 Å². The van der Waals surface area contributed by atoms with Crippen LogP contribution in [0.3, 0.4) is 0 Å². The van der Waals surface area contributed by atoms with Crippen LogP contribution in [-0.4, -0.2) is 67.3 Å². The van der Waals surface area contributed by atoms with E-state index in [-0.39, 0.29) is 5.54 Å². The fourth-order valence-electron chi connectivity index (χ4n) is 4.03. The van der Waals surface area contributed by atoms with Gasteiger partial charge in [0.05, 0.1) is 12.7 Å². The smallest absolute Gasteiger partial charge is 0.0829 e. The molecule has 2 fully saturated rings. The summed E-state index contributed by atoms with van der Waals surface area (Å²) in [5.41, 5.74) is 6.45. The molecule has 0 aromatic carbocycles. The molecule has 2 aliphatic rings. The summed E-state index contributed by atoms with van der Waals surface area (Å²) >= 11 is 0. The van der Waals surface area contributed by atoms with Crippen molar-refractivity contribution in [2.24, 2.45) is 11.7 Å². The third-order valence-corrected chi connectivity index (χ3v) is 5.73. The number of nitrogens with two attached hydrogens (primary N) is 1. The number of hydrogen-bond acceptors (Lipinski definition) is 4. The molecule has 4 nitrogen and oxygen atoms in total. The van der Waals surface area contributed by atoms with E-state index >= 15 is 0 Å². The monoisotopic (exact) mass is 297 g/mol. The van der Waals surface area contributed by atoms with Gasteiger partial charge in [0.1, 0.15) is 0 Å². The van der Waals surface area contributed by atoms with Crippen LogP contribution in [0, 0.1) is 5.92 Å². The van der Waals surface area contributed by atoms with Crippen molar-refractivity contribution in [2.75, 3.05) is 45.9 Å². The first-order chi connectivity index (χ1) is 10.1. The minimum absolute atomic E-state index is 0.221. The van der Waals surface area contributed by atoms with Gasteiger partial charge >= 0.3 is 0 Å². The number of ether oxygens (including phenoxy) is 1. The van der Waals surface area contributed by atoms with Crippen LogP contribution in [0.4, 0.5) is 0 Å². The van der Waals surface area contributed by atoms with Crippen LogP contribution in [0.2, 0.25) is 0 Å². The Morgan fingerprint density at radius 3 is 2.57 bits per heavy atom. The molecule has 0 aromatic rings. The van der Waals surface area contributed by atoms with Crippen LogP contribution < -0.4 is 5.73 Å². The minimum atomic E-state index is 0.221. The Hall–Kier alpha value is -0.160.